The Balaban J connectivity index is 2.15. The lowest BCUT2D eigenvalue weighted by atomic mass is 10.0. The van der Waals surface area contributed by atoms with Crippen LogP contribution in [-0.4, -0.2) is 46.7 Å². The zero-order valence-electron chi connectivity index (χ0n) is 14.3. The Labute approximate surface area is 151 Å². The molecule has 8 heteroatoms. The van der Waals surface area contributed by atoms with Gasteiger partial charge in [0, 0.05) is 17.1 Å². The molecule has 138 valence electrons. The van der Waals surface area contributed by atoms with E-state index in [4.69, 9.17) is 16.3 Å². The number of nitrogens with zero attached hydrogens (tertiary/aromatic N) is 2. The van der Waals surface area contributed by atoms with E-state index in [1.165, 1.54) is 11.0 Å². The molecule has 1 aromatic carbocycles. The van der Waals surface area contributed by atoms with Crippen LogP contribution < -0.4 is 0 Å². The molecule has 1 saturated heterocycles. The highest BCUT2D eigenvalue weighted by Crippen LogP contribution is 2.32. The number of imide groups is 1. The predicted octanol–water partition coefficient (Wildman–Crippen LogP) is 3.71. The van der Waals surface area contributed by atoms with E-state index in [9.17, 15) is 19.1 Å². The molecule has 0 aromatic heterocycles. The topological polar surface area (TPSA) is 70.1 Å². The van der Waals surface area contributed by atoms with Crippen LogP contribution in [0.15, 0.2) is 12.1 Å². The van der Waals surface area contributed by atoms with E-state index in [1.54, 1.807) is 6.92 Å². The first-order chi connectivity index (χ1) is 11.9. The molecule has 25 heavy (non-hydrogen) atoms. The second-order valence-electron chi connectivity index (χ2n) is 5.89. The second-order valence-corrected chi connectivity index (χ2v) is 6.29. The van der Waals surface area contributed by atoms with Gasteiger partial charge in [0.1, 0.15) is 5.82 Å². The van der Waals surface area contributed by atoms with Gasteiger partial charge < -0.3 is 14.7 Å². The average Bonchev–Trinajstić information content (AvgIpc) is 2.95. The lowest BCUT2D eigenvalue weighted by Gasteiger charge is -2.26. The van der Waals surface area contributed by atoms with Crippen molar-refractivity contribution in [3.8, 4) is 0 Å². The third kappa shape index (κ3) is 4.22. The van der Waals surface area contributed by atoms with Gasteiger partial charge in [0.25, 0.3) is 0 Å². The Bertz CT molecular complexity index is 656. The summed E-state index contributed by atoms with van der Waals surface area (Å²) in [6, 6.07) is 1.32. The lowest BCUT2D eigenvalue weighted by molar-refractivity contribution is 0.112. The van der Waals surface area contributed by atoms with E-state index >= 15 is 0 Å². The minimum absolute atomic E-state index is 0.104. The van der Waals surface area contributed by atoms with Crippen molar-refractivity contribution < 1.29 is 23.8 Å². The molecule has 3 amide bonds. The summed E-state index contributed by atoms with van der Waals surface area (Å²) < 4.78 is 18.8. The fraction of sp³-hybridized carbons (Fsp3) is 0.529. The van der Waals surface area contributed by atoms with E-state index in [1.807, 2.05) is 6.92 Å². The number of hydrogen-bond donors (Lipinski definition) is 1. The van der Waals surface area contributed by atoms with Crippen molar-refractivity contribution in [2.45, 2.75) is 39.3 Å². The van der Waals surface area contributed by atoms with Gasteiger partial charge in [-0.1, -0.05) is 24.9 Å². The number of urea groups is 1. The Morgan fingerprint density at radius 3 is 2.80 bits per heavy atom. The largest absolute Gasteiger partial charge is 0.449 e. The van der Waals surface area contributed by atoms with Gasteiger partial charge in [-0.25, -0.2) is 18.9 Å². The van der Waals surface area contributed by atoms with Crippen LogP contribution in [0, 0.1) is 5.82 Å². The van der Waals surface area contributed by atoms with Crippen molar-refractivity contribution in [3.63, 3.8) is 0 Å². The van der Waals surface area contributed by atoms with Crippen molar-refractivity contribution in [2.75, 3.05) is 19.7 Å². The van der Waals surface area contributed by atoms with Crippen LogP contribution in [0.25, 0.3) is 0 Å². The summed E-state index contributed by atoms with van der Waals surface area (Å²) in [7, 11) is 0. The molecular formula is C17H22ClFN2O4. The van der Waals surface area contributed by atoms with Gasteiger partial charge in [0.15, 0.2) is 0 Å². The number of halogens is 2. The van der Waals surface area contributed by atoms with E-state index in [2.05, 4.69) is 0 Å². The van der Waals surface area contributed by atoms with Crippen LogP contribution in [-0.2, 0) is 11.3 Å². The predicted molar refractivity (Wildman–Crippen MR) is 90.8 cm³/mol. The van der Waals surface area contributed by atoms with Gasteiger partial charge in [-0.2, -0.15) is 0 Å². The zero-order chi connectivity index (χ0) is 18.6. The summed E-state index contributed by atoms with van der Waals surface area (Å²) in [6.07, 6.45) is 0.942. The number of carbonyl (C=O) groups excluding carboxylic acids is 2. The van der Waals surface area contributed by atoms with Crippen molar-refractivity contribution in [1.29, 1.82) is 0 Å². The maximum atomic E-state index is 13.7. The van der Waals surface area contributed by atoms with Gasteiger partial charge in [-0.05, 0) is 31.0 Å². The quantitative estimate of drug-likeness (QED) is 0.773. The number of aliphatic hydroxyl groups excluding tert-OH is 1. The molecule has 1 atom stereocenters. The maximum Gasteiger partial charge on any atom is 0.418 e. The highest BCUT2D eigenvalue weighted by atomic mass is 35.5. The summed E-state index contributed by atoms with van der Waals surface area (Å²) in [5.41, 5.74) is 0.786. The molecular weight excluding hydrogens is 351 g/mol. The number of hydrogen-bond acceptors (Lipinski definition) is 4. The SMILES string of the molecule is CCCCOC(=O)N1CCN(C(C)c2cc(F)cc(Cl)c2CO)C1=O. The number of ether oxygens (including phenoxy) is 1. The standard InChI is InChI=1S/C17H22ClFN2O4/c1-3-4-7-25-17(24)21-6-5-20(16(21)23)11(2)13-8-12(19)9-15(18)14(13)10-22/h8-9,11,22H,3-7,10H2,1-2H3. The van der Waals surface area contributed by atoms with Crippen LogP contribution in [0.1, 0.15) is 43.9 Å². The van der Waals surface area contributed by atoms with Gasteiger partial charge in [-0.15, -0.1) is 0 Å². The third-order valence-electron chi connectivity index (χ3n) is 4.26. The van der Waals surface area contributed by atoms with Gasteiger partial charge in [0.2, 0.25) is 0 Å². The zero-order valence-corrected chi connectivity index (χ0v) is 15.1. The molecule has 1 fully saturated rings. The number of aliphatic hydroxyl groups is 1. The third-order valence-corrected chi connectivity index (χ3v) is 4.59. The number of amides is 3. The first-order valence-corrected chi connectivity index (χ1v) is 8.62. The molecule has 0 aliphatic carbocycles. The molecule has 1 aromatic rings. The van der Waals surface area contributed by atoms with E-state index in [0.29, 0.717) is 17.7 Å². The second kappa shape index (κ2) is 8.49. The minimum Gasteiger partial charge on any atom is -0.449 e. The maximum absolute atomic E-state index is 13.7. The molecule has 1 N–H and O–H groups in total. The lowest BCUT2D eigenvalue weighted by Crippen LogP contribution is -2.38. The normalized spacial score (nSPS) is 15.6. The average molecular weight is 373 g/mol. The number of carbonyl (C=O) groups is 2. The van der Waals surface area contributed by atoms with Crippen LogP contribution in [0.5, 0.6) is 0 Å². The van der Waals surface area contributed by atoms with Gasteiger partial charge in [0.05, 0.1) is 25.8 Å². The Morgan fingerprint density at radius 1 is 1.44 bits per heavy atom. The molecule has 1 heterocycles. The Morgan fingerprint density at radius 2 is 2.16 bits per heavy atom. The van der Waals surface area contributed by atoms with Crippen LogP contribution in [0.2, 0.25) is 5.02 Å². The molecule has 1 unspecified atom stereocenters. The van der Waals surface area contributed by atoms with Gasteiger partial charge in [-0.3, -0.25) is 0 Å². The van der Waals surface area contributed by atoms with Crippen molar-refractivity contribution in [2.24, 2.45) is 0 Å². The fourth-order valence-corrected chi connectivity index (χ4v) is 3.07. The van der Waals surface area contributed by atoms with Crippen LogP contribution in [0.3, 0.4) is 0 Å². The minimum atomic E-state index is -0.673. The number of benzene rings is 1. The molecule has 2 rings (SSSR count). The van der Waals surface area contributed by atoms with Crippen LogP contribution in [0.4, 0.5) is 14.0 Å². The summed E-state index contributed by atoms with van der Waals surface area (Å²) in [5, 5.41) is 9.62. The van der Waals surface area contributed by atoms with Crippen molar-refractivity contribution in [1.82, 2.24) is 9.80 Å². The highest BCUT2D eigenvalue weighted by Gasteiger charge is 2.37. The number of rotatable bonds is 6. The van der Waals surface area contributed by atoms with E-state index < -0.39 is 24.0 Å². The van der Waals surface area contributed by atoms with Crippen LogP contribution >= 0.6 is 11.6 Å². The molecule has 0 spiro atoms. The molecule has 1 aliphatic rings. The molecule has 0 radical (unpaired) electrons. The van der Waals surface area contributed by atoms with Gasteiger partial charge >= 0.3 is 12.1 Å². The molecule has 6 nitrogen and oxygen atoms in total. The summed E-state index contributed by atoms with van der Waals surface area (Å²) in [4.78, 5) is 27.0. The first kappa shape index (κ1) is 19.5. The van der Waals surface area contributed by atoms with Crippen molar-refractivity contribution >= 4 is 23.7 Å². The Hall–Kier alpha value is -1.86. The fourth-order valence-electron chi connectivity index (χ4n) is 2.80. The first-order valence-electron chi connectivity index (χ1n) is 8.24. The van der Waals surface area contributed by atoms with E-state index in [0.717, 1.165) is 23.8 Å². The molecule has 0 bridgehead atoms. The molecule has 0 saturated carbocycles. The smallest absolute Gasteiger partial charge is 0.418 e. The summed E-state index contributed by atoms with van der Waals surface area (Å²) in [6.45, 7) is 4.06. The highest BCUT2D eigenvalue weighted by molar-refractivity contribution is 6.31. The molecule has 1 aliphatic heterocycles. The van der Waals surface area contributed by atoms with Crippen molar-refractivity contribution in [3.05, 3.63) is 34.1 Å². The Kier molecular flexibility index (Phi) is 6.61. The summed E-state index contributed by atoms with van der Waals surface area (Å²) in [5.74, 6) is -0.550. The number of unbranched alkanes of at least 4 members (excludes halogenated alkanes) is 1. The monoisotopic (exact) mass is 372 g/mol. The van der Waals surface area contributed by atoms with E-state index in [-0.39, 0.29) is 24.8 Å². The summed E-state index contributed by atoms with van der Waals surface area (Å²) >= 11 is 5.98.